The van der Waals surface area contributed by atoms with Gasteiger partial charge < -0.3 is 10.1 Å². The molecule has 3 aromatic carbocycles. The number of aromatic nitrogens is 1. The topological polar surface area (TPSA) is 68.3 Å². The summed E-state index contributed by atoms with van der Waals surface area (Å²) in [6.45, 7) is 6.21. The zero-order valence-electron chi connectivity index (χ0n) is 18.3. The molecule has 1 N–H and O–H groups in total. The summed E-state index contributed by atoms with van der Waals surface area (Å²) in [5.41, 5.74) is 6.59. The van der Waals surface area contributed by atoms with Gasteiger partial charge in [-0.3, -0.25) is 9.78 Å². The SMILES string of the molecule is CCOC(=O)c1cnc2cc(NC(=O)c3ccccc3-c3ccc(C)c(C)c3)ccc2c1. The lowest BCUT2D eigenvalue weighted by Gasteiger charge is -2.12. The average molecular weight is 425 g/mol. The second kappa shape index (κ2) is 9.02. The average Bonchev–Trinajstić information content (AvgIpc) is 2.80. The highest BCUT2D eigenvalue weighted by atomic mass is 16.5. The Morgan fingerprint density at radius 2 is 1.75 bits per heavy atom. The van der Waals surface area contributed by atoms with Crippen molar-refractivity contribution in [2.24, 2.45) is 0 Å². The van der Waals surface area contributed by atoms with Crippen molar-refractivity contribution in [3.8, 4) is 11.1 Å². The summed E-state index contributed by atoms with van der Waals surface area (Å²) < 4.78 is 5.03. The van der Waals surface area contributed by atoms with E-state index < -0.39 is 5.97 Å². The first-order valence-corrected chi connectivity index (χ1v) is 10.5. The smallest absolute Gasteiger partial charge is 0.339 e. The predicted octanol–water partition coefficient (Wildman–Crippen LogP) is 5.95. The highest BCUT2D eigenvalue weighted by Gasteiger charge is 2.14. The van der Waals surface area contributed by atoms with Gasteiger partial charge in [-0.15, -0.1) is 0 Å². The van der Waals surface area contributed by atoms with Crippen molar-refractivity contribution in [1.29, 1.82) is 0 Å². The normalized spacial score (nSPS) is 10.7. The lowest BCUT2D eigenvalue weighted by Crippen LogP contribution is -2.13. The number of carbonyl (C=O) groups is 2. The van der Waals surface area contributed by atoms with Crippen LogP contribution in [0, 0.1) is 13.8 Å². The maximum Gasteiger partial charge on any atom is 0.339 e. The van der Waals surface area contributed by atoms with E-state index in [0.717, 1.165) is 16.5 Å². The number of amides is 1. The van der Waals surface area contributed by atoms with Gasteiger partial charge >= 0.3 is 5.97 Å². The van der Waals surface area contributed by atoms with Crippen LogP contribution in [-0.4, -0.2) is 23.5 Å². The number of aryl methyl sites for hydroxylation is 2. The highest BCUT2D eigenvalue weighted by Crippen LogP contribution is 2.27. The molecule has 4 rings (SSSR count). The van der Waals surface area contributed by atoms with Crippen molar-refractivity contribution in [2.75, 3.05) is 11.9 Å². The third-order valence-corrected chi connectivity index (χ3v) is 5.44. The lowest BCUT2D eigenvalue weighted by atomic mass is 9.96. The molecule has 0 saturated heterocycles. The number of nitrogens with one attached hydrogen (secondary N) is 1. The predicted molar refractivity (Wildman–Crippen MR) is 127 cm³/mol. The fourth-order valence-corrected chi connectivity index (χ4v) is 3.57. The number of anilines is 1. The van der Waals surface area contributed by atoms with Crippen LogP contribution in [0.1, 0.15) is 38.8 Å². The zero-order chi connectivity index (χ0) is 22.7. The van der Waals surface area contributed by atoms with Gasteiger partial charge in [-0.2, -0.15) is 0 Å². The van der Waals surface area contributed by atoms with Crippen molar-refractivity contribution in [2.45, 2.75) is 20.8 Å². The summed E-state index contributed by atoms with van der Waals surface area (Å²) in [5, 5.41) is 3.77. The molecule has 0 aliphatic rings. The Hall–Kier alpha value is -3.99. The van der Waals surface area contributed by atoms with Crippen LogP contribution in [0.15, 0.2) is 72.9 Å². The number of esters is 1. The first-order valence-electron chi connectivity index (χ1n) is 10.5. The molecule has 32 heavy (non-hydrogen) atoms. The number of benzene rings is 3. The molecule has 0 radical (unpaired) electrons. The van der Waals surface area contributed by atoms with Gasteiger partial charge in [0.1, 0.15) is 0 Å². The van der Waals surface area contributed by atoms with E-state index in [1.807, 2.05) is 36.4 Å². The molecule has 0 spiro atoms. The molecule has 0 aliphatic carbocycles. The van der Waals surface area contributed by atoms with Gasteiger partial charge in [-0.05, 0) is 67.3 Å². The molecule has 0 fully saturated rings. The van der Waals surface area contributed by atoms with E-state index in [4.69, 9.17) is 4.74 Å². The van der Waals surface area contributed by atoms with Crippen LogP contribution in [0.5, 0.6) is 0 Å². The zero-order valence-corrected chi connectivity index (χ0v) is 18.3. The largest absolute Gasteiger partial charge is 0.462 e. The molecule has 1 heterocycles. The second-order valence-electron chi connectivity index (χ2n) is 7.65. The summed E-state index contributed by atoms with van der Waals surface area (Å²) in [4.78, 5) is 29.4. The van der Waals surface area contributed by atoms with E-state index in [9.17, 15) is 9.59 Å². The van der Waals surface area contributed by atoms with Gasteiger partial charge in [0.05, 0.1) is 17.7 Å². The number of hydrogen-bond acceptors (Lipinski definition) is 4. The fraction of sp³-hybridized carbons (Fsp3) is 0.148. The molecule has 0 saturated carbocycles. The Balaban J connectivity index is 1.61. The maximum atomic E-state index is 13.1. The summed E-state index contributed by atoms with van der Waals surface area (Å²) in [7, 11) is 0. The van der Waals surface area contributed by atoms with Gasteiger partial charge in [0, 0.05) is 22.8 Å². The number of ether oxygens (including phenoxy) is 1. The molecule has 1 amide bonds. The van der Waals surface area contributed by atoms with E-state index in [1.165, 1.54) is 17.3 Å². The van der Waals surface area contributed by atoms with Crippen molar-refractivity contribution in [3.63, 3.8) is 0 Å². The standard InChI is InChI=1S/C27H24N2O3/c1-4-32-27(31)21-14-20-11-12-22(15-25(20)28-16-21)29-26(30)24-8-6-5-7-23(24)19-10-9-17(2)18(3)13-19/h5-16H,4H2,1-3H3,(H,29,30). The Bertz CT molecular complexity index is 1330. The maximum absolute atomic E-state index is 13.1. The molecule has 0 atom stereocenters. The van der Waals surface area contributed by atoms with Crippen LogP contribution in [0.25, 0.3) is 22.0 Å². The van der Waals surface area contributed by atoms with E-state index in [-0.39, 0.29) is 5.91 Å². The fourth-order valence-electron chi connectivity index (χ4n) is 3.57. The summed E-state index contributed by atoms with van der Waals surface area (Å²) in [5.74, 6) is -0.594. The third-order valence-electron chi connectivity index (χ3n) is 5.44. The van der Waals surface area contributed by atoms with Crippen LogP contribution in [0.2, 0.25) is 0 Å². The van der Waals surface area contributed by atoms with E-state index in [0.29, 0.717) is 28.9 Å². The van der Waals surface area contributed by atoms with Crippen LogP contribution in [-0.2, 0) is 4.74 Å². The minimum absolute atomic E-state index is 0.193. The molecular formula is C27H24N2O3. The molecule has 0 unspecified atom stereocenters. The minimum atomic E-state index is -0.401. The van der Waals surface area contributed by atoms with Crippen molar-refractivity contribution in [1.82, 2.24) is 4.98 Å². The van der Waals surface area contributed by atoms with Gasteiger partial charge in [-0.1, -0.05) is 42.5 Å². The first-order chi connectivity index (χ1) is 15.5. The van der Waals surface area contributed by atoms with Crippen molar-refractivity contribution in [3.05, 3.63) is 95.2 Å². The highest BCUT2D eigenvalue weighted by molar-refractivity contribution is 6.09. The van der Waals surface area contributed by atoms with Gasteiger partial charge in [0.2, 0.25) is 0 Å². The van der Waals surface area contributed by atoms with E-state index >= 15 is 0 Å². The number of hydrogen-bond donors (Lipinski definition) is 1. The van der Waals surface area contributed by atoms with Crippen molar-refractivity contribution < 1.29 is 14.3 Å². The third kappa shape index (κ3) is 4.37. The Morgan fingerprint density at radius 1 is 0.938 bits per heavy atom. The lowest BCUT2D eigenvalue weighted by molar-refractivity contribution is 0.0526. The Labute approximate surface area is 187 Å². The van der Waals surface area contributed by atoms with Gasteiger partial charge in [-0.25, -0.2) is 4.79 Å². The number of pyridine rings is 1. The summed E-state index contributed by atoms with van der Waals surface area (Å²) >= 11 is 0. The molecule has 5 nitrogen and oxygen atoms in total. The van der Waals surface area contributed by atoms with Crippen LogP contribution < -0.4 is 5.32 Å². The quantitative estimate of drug-likeness (QED) is 0.402. The van der Waals surface area contributed by atoms with E-state index in [2.05, 4.69) is 36.3 Å². The second-order valence-corrected chi connectivity index (χ2v) is 7.65. The van der Waals surface area contributed by atoms with Crippen LogP contribution in [0.3, 0.4) is 0 Å². The first kappa shape index (κ1) is 21.2. The van der Waals surface area contributed by atoms with Gasteiger partial charge in [0.25, 0.3) is 5.91 Å². The molecular weight excluding hydrogens is 400 g/mol. The monoisotopic (exact) mass is 424 g/mol. The van der Waals surface area contributed by atoms with Crippen LogP contribution in [0.4, 0.5) is 5.69 Å². The van der Waals surface area contributed by atoms with E-state index in [1.54, 1.807) is 25.1 Å². The Morgan fingerprint density at radius 3 is 2.53 bits per heavy atom. The van der Waals surface area contributed by atoms with Crippen LogP contribution >= 0.6 is 0 Å². The molecule has 1 aromatic heterocycles. The molecule has 4 aromatic rings. The molecule has 0 bridgehead atoms. The number of carbonyl (C=O) groups excluding carboxylic acids is 2. The number of nitrogens with zero attached hydrogens (tertiary/aromatic N) is 1. The Kier molecular flexibility index (Phi) is 5.99. The molecule has 5 heteroatoms. The number of fused-ring (bicyclic) bond motifs is 1. The minimum Gasteiger partial charge on any atom is -0.462 e. The molecule has 0 aliphatic heterocycles. The molecule has 160 valence electrons. The summed E-state index contributed by atoms with van der Waals surface area (Å²) in [6.07, 6.45) is 1.49. The van der Waals surface area contributed by atoms with Crippen molar-refractivity contribution >= 4 is 28.5 Å². The number of rotatable bonds is 5. The van der Waals surface area contributed by atoms with Gasteiger partial charge in [0.15, 0.2) is 0 Å². The summed E-state index contributed by atoms with van der Waals surface area (Å²) in [6, 6.07) is 20.9.